The first-order valence-electron chi connectivity index (χ1n) is 8.38. The Labute approximate surface area is 171 Å². The van der Waals surface area contributed by atoms with Crippen molar-refractivity contribution in [2.75, 3.05) is 12.4 Å². The molecule has 0 fully saturated rings. The van der Waals surface area contributed by atoms with Crippen LogP contribution in [-0.2, 0) is 0 Å². The number of phenolic OH excluding ortho intramolecular Hbond substituents is 1. The summed E-state index contributed by atoms with van der Waals surface area (Å²) in [6.45, 7) is 0. The van der Waals surface area contributed by atoms with Crippen molar-refractivity contribution >= 4 is 29.3 Å². The maximum Gasteiger partial charge on any atom is 0.413 e. The fourth-order valence-electron chi connectivity index (χ4n) is 2.30. The van der Waals surface area contributed by atoms with Gasteiger partial charge in [-0.15, -0.1) is 0 Å². The number of nitrogens with zero attached hydrogens (tertiary/aromatic N) is 1. The quantitative estimate of drug-likeness (QED) is 0.540. The topological polar surface area (TPSA) is 110 Å². The molecule has 0 aliphatic heterocycles. The van der Waals surface area contributed by atoms with E-state index in [1.807, 2.05) is 0 Å². The first kappa shape index (κ1) is 20.0. The second-order valence-corrected chi connectivity index (χ2v) is 6.15. The van der Waals surface area contributed by atoms with Crippen LogP contribution in [0.4, 0.5) is 10.5 Å². The van der Waals surface area contributed by atoms with E-state index >= 15 is 0 Å². The van der Waals surface area contributed by atoms with Gasteiger partial charge in [0.1, 0.15) is 17.2 Å². The van der Waals surface area contributed by atoms with Crippen LogP contribution in [0.3, 0.4) is 0 Å². The minimum Gasteiger partial charge on any atom is -0.506 e. The molecule has 0 aliphatic carbocycles. The third-order valence-corrected chi connectivity index (χ3v) is 3.88. The van der Waals surface area contributed by atoms with Gasteiger partial charge < -0.3 is 25.2 Å². The summed E-state index contributed by atoms with van der Waals surface area (Å²) in [5.74, 6) is 0.237. The van der Waals surface area contributed by atoms with E-state index in [0.717, 1.165) is 0 Å². The Morgan fingerprint density at radius 1 is 1.07 bits per heavy atom. The lowest BCUT2D eigenvalue weighted by atomic mass is 10.2. The first-order chi connectivity index (χ1) is 13.9. The Hall–Kier alpha value is -3.78. The van der Waals surface area contributed by atoms with E-state index in [4.69, 9.17) is 21.1 Å². The standard InChI is InChI=1S/C20H16ClN3O5/c1-22-20(27)29-18-11-15(7-8-23-18)28-14-4-2-3-12(9-14)19(26)24-16-6-5-13(21)10-17(16)25/h2-11,25H,1H3,(H,22,27)(H,24,26). The Morgan fingerprint density at radius 3 is 2.62 bits per heavy atom. The van der Waals surface area contributed by atoms with Crippen LogP contribution < -0.4 is 20.1 Å². The number of rotatable bonds is 5. The number of aromatic nitrogens is 1. The van der Waals surface area contributed by atoms with E-state index in [-0.39, 0.29) is 17.3 Å². The van der Waals surface area contributed by atoms with Crippen molar-refractivity contribution in [1.29, 1.82) is 0 Å². The zero-order chi connectivity index (χ0) is 20.8. The number of phenols is 1. The molecule has 8 nitrogen and oxygen atoms in total. The van der Waals surface area contributed by atoms with E-state index in [2.05, 4.69) is 15.6 Å². The predicted molar refractivity (Wildman–Crippen MR) is 107 cm³/mol. The SMILES string of the molecule is CNC(=O)Oc1cc(Oc2cccc(C(=O)Nc3ccc(Cl)cc3O)c2)ccn1. The van der Waals surface area contributed by atoms with Gasteiger partial charge in [-0.2, -0.15) is 0 Å². The van der Waals surface area contributed by atoms with Crippen LogP contribution in [0.1, 0.15) is 10.4 Å². The molecule has 2 amide bonds. The van der Waals surface area contributed by atoms with Gasteiger partial charge in [0.05, 0.1) is 5.69 Å². The molecule has 3 rings (SSSR count). The molecule has 2 aromatic carbocycles. The number of benzene rings is 2. The average molecular weight is 414 g/mol. The molecule has 0 aliphatic rings. The van der Waals surface area contributed by atoms with Crippen LogP contribution >= 0.6 is 11.6 Å². The Bertz CT molecular complexity index is 1060. The summed E-state index contributed by atoms with van der Waals surface area (Å²) in [4.78, 5) is 27.7. The molecule has 0 radical (unpaired) electrons. The number of carbonyl (C=O) groups is 2. The van der Waals surface area contributed by atoms with Gasteiger partial charge in [0, 0.05) is 36.0 Å². The molecule has 3 N–H and O–H groups in total. The fourth-order valence-corrected chi connectivity index (χ4v) is 2.46. The number of nitrogens with one attached hydrogen (secondary N) is 2. The van der Waals surface area contributed by atoms with Gasteiger partial charge in [0.15, 0.2) is 0 Å². The number of halogens is 1. The van der Waals surface area contributed by atoms with Crippen molar-refractivity contribution in [3.63, 3.8) is 0 Å². The molecule has 0 saturated heterocycles. The van der Waals surface area contributed by atoms with Crippen LogP contribution in [0.15, 0.2) is 60.8 Å². The molecule has 29 heavy (non-hydrogen) atoms. The van der Waals surface area contributed by atoms with Crippen LogP contribution in [-0.4, -0.2) is 29.1 Å². The highest BCUT2D eigenvalue weighted by Crippen LogP contribution is 2.28. The Kier molecular flexibility index (Phi) is 6.16. The second kappa shape index (κ2) is 8.94. The average Bonchev–Trinajstić information content (AvgIpc) is 2.70. The lowest BCUT2D eigenvalue weighted by Crippen LogP contribution is -2.22. The van der Waals surface area contributed by atoms with Crippen molar-refractivity contribution in [1.82, 2.24) is 10.3 Å². The number of aromatic hydroxyl groups is 1. The molecule has 0 spiro atoms. The number of ether oxygens (including phenoxy) is 2. The molecule has 1 aromatic heterocycles. The molecular formula is C20H16ClN3O5. The molecular weight excluding hydrogens is 398 g/mol. The number of hydrogen-bond acceptors (Lipinski definition) is 6. The highest BCUT2D eigenvalue weighted by Gasteiger charge is 2.11. The van der Waals surface area contributed by atoms with Gasteiger partial charge in [0.25, 0.3) is 5.91 Å². The highest BCUT2D eigenvalue weighted by atomic mass is 35.5. The Morgan fingerprint density at radius 2 is 1.86 bits per heavy atom. The largest absolute Gasteiger partial charge is 0.506 e. The van der Waals surface area contributed by atoms with Crippen LogP contribution in [0.25, 0.3) is 0 Å². The van der Waals surface area contributed by atoms with Crippen LogP contribution in [0, 0.1) is 0 Å². The summed E-state index contributed by atoms with van der Waals surface area (Å²) in [5, 5.41) is 15.1. The van der Waals surface area contributed by atoms with Gasteiger partial charge in [-0.3, -0.25) is 4.79 Å². The lowest BCUT2D eigenvalue weighted by Gasteiger charge is -2.10. The van der Waals surface area contributed by atoms with Gasteiger partial charge in [-0.1, -0.05) is 17.7 Å². The number of anilines is 1. The van der Waals surface area contributed by atoms with E-state index in [9.17, 15) is 14.7 Å². The first-order valence-corrected chi connectivity index (χ1v) is 8.76. The highest BCUT2D eigenvalue weighted by molar-refractivity contribution is 6.30. The zero-order valence-electron chi connectivity index (χ0n) is 15.2. The van der Waals surface area contributed by atoms with Crippen LogP contribution in [0.2, 0.25) is 5.02 Å². The van der Waals surface area contributed by atoms with Crippen molar-refractivity contribution in [3.8, 4) is 23.1 Å². The Balaban J connectivity index is 1.73. The summed E-state index contributed by atoms with van der Waals surface area (Å²) in [5.41, 5.74) is 0.545. The second-order valence-electron chi connectivity index (χ2n) is 5.71. The molecule has 3 aromatic rings. The normalized spacial score (nSPS) is 10.1. The zero-order valence-corrected chi connectivity index (χ0v) is 15.9. The summed E-state index contributed by atoms with van der Waals surface area (Å²) < 4.78 is 10.7. The molecule has 0 bridgehead atoms. The van der Waals surface area contributed by atoms with Crippen molar-refractivity contribution in [2.45, 2.75) is 0 Å². The van der Waals surface area contributed by atoms with E-state index in [1.54, 1.807) is 30.3 Å². The maximum absolute atomic E-state index is 12.5. The monoisotopic (exact) mass is 413 g/mol. The summed E-state index contributed by atoms with van der Waals surface area (Å²) >= 11 is 5.79. The predicted octanol–water partition coefficient (Wildman–Crippen LogP) is 4.20. The molecule has 0 atom stereocenters. The minimum absolute atomic E-state index is 0.0639. The van der Waals surface area contributed by atoms with Crippen molar-refractivity contribution in [2.24, 2.45) is 0 Å². The van der Waals surface area contributed by atoms with Crippen molar-refractivity contribution < 1.29 is 24.2 Å². The van der Waals surface area contributed by atoms with E-state index in [0.29, 0.717) is 22.1 Å². The molecule has 1 heterocycles. The molecule has 148 valence electrons. The van der Waals surface area contributed by atoms with Gasteiger partial charge in [0.2, 0.25) is 5.88 Å². The lowest BCUT2D eigenvalue weighted by molar-refractivity contribution is 0.102. The van der Waals surface area contributed by atoms with E-state index in [1.165, 1.54) is 37.5 Å². The third kappa shape index (κ3) is 5.36. The summed E-state index contributed by atoms with van der Waals surface area (Å²) in [6, 6.07) is 13.8. The number of carbonyl (C=O) groups excluding carboxylic acids is 2. The van der Waals surface area contributed by atoms with Crippen molar-refractivity contribution in [3.05, 3.63) is 71.4 Å². The smallest absolute Gasteiger partial charge is 0.413 e. The summed E-state index contributed by atoms with van der Waals surface area (Å²) in [6.07, 6.45) is 0.770. The molecule has 0 unspecified atom stereocenters. The molecule has 0 saturated carbocycles. The van der Waals surface area contributed by atoms with E-state index < -0.39 is 12.0 Å². The number of pyridine rings is 1. The van der Waals surface area contributed by atoms with Gasteiger partial charge in [-0.25, -0.2) is 9.78 Å². The number of amides is 2. The molecule has 9 heteroatoms. The van der Waals surface area contributed by atoms with Crippen LogP contribution in [0.5, 0.6) is 23.1 Å². The van der Waals surface area contributed by atoms with Gasteiger partial charge >= 0.3 is 6.09 Å². The summed E-state index contributed by atoms with van der Waals surface area (Å²) in [7, 11) is 1.43. The maximum atomic E-state index is 12.5. The number of hydrogen-bond donors (Lipinski definition) is 3. The minimum atomic E-state index is -0.654. The van der Waals surface area contributed by atoms with Gasteiger partial charge in [-0.05, 0) is 36.4 Å². The third-order valence-electron chi connectivity index (χ3n) is 3.65. The fraction of sp³-hybridized carbons (Fsp3) is 0.0500.